The van der Waals surface area contributed by atoms with Gasteiger partial charge in [0.15, 0.2) is 0 Å². The first-order valence-corrected chi connectivity index (χ1v) is 9.87. The van der Waals surface area contributed by atoms with Gasteiger partial charge < -0.3 is 9.80 Å². The average Bonchev–Trinajstić information content (AvgIpc) is 2.93. The molecule has 1 saturated heterocycles. The summed E-state index contributed by atoms with van der Waals surface area (Å²) in [6.45, 7) is 6.41. The molecule has 2 aliphatic rings. The summed E-state index contributed by atoms with van der Waals surface area (Å²) < 4.78 is 0. The molecule has 0 N–H and O–H groups in total. The SMILES string of the molecule is Cc1nc(C(=O)N2CCN(C(=O)CC3CCCCC3)CC2)c(C)s1. The van der Waals surface area contributed by atoms with E-state index in [1.54, 1.807) is 11.3 Å². The monoisotopic (exact) mass is 349 g/mol. The highest BCUT2D eigenvalue weighted by Crippen LogP contribution is 2.27. The van der Waals surface area contributed by atoms with E-state index in [0.717, 1.165) is 9.88 Å². The number of hydrogen-bond acceptors (Lipinski definition) is 4. The molecule has 3 rings (SSSR count). The standard InChI is InChI=1S/C18H27N3O2S/c1-13-17(19-14(2)24-13)18(23)21-10-8-20(9-11-21)16(22)12-15-6-4-3-5-7-15/h15H,3-12H2,1-2H3. The molecule has 24 heavy (non-hydrogen) atoms. The molecular weight excluding hydrogens is 322 g/mol. The number of carbonyl (C=O) groups is 2. The van der Waals surface area contributed by atoms with Crippen LogP contribution >= 0.6 is 11.3 Å². The van der Waals surface area contributed by atoms with Gasteiger partial charge in [-0.05, 0) is 32.6 Å². The Bertz CT molecular complexity index is 599. The van der Waals surface area contributed by atoms with Crippen LogP contribution in [0.5, 0.6) is 0 Å². The lowest BCUT2D eigenvalue weighted by Gasteiger charge is -2.35. The Morgan fingerprint density at radius 3 is 2.25 bits per heavy atom. The molecule has 132 valence electrons. The number of aryl methyl sites for hydroxylation is 2. The molecule has 0 bridgehead atoms. The van der Waals surface area contributed by atoms with E-state index >= 15 is 0 Å². The van der Waals surface area contributed by atoms with Crippen LogP contribution in [0.2, 0.25) is 0 Å². The molecule has 0 spiro atoms. The largest absolute Gasteiger partial charge is 0.339 e. The van der Waals surface area contributed by atoms with Crippen LogP contribution in [0.3, 0.4) is 0 Å². The van der Waals surface area contributed by atoms with Crippen LogP contribution in [-0.2, 0) is 4.79 Å². The lowest BCUT2D eigenvalue weighted by atomic mass is 9.86. The van der Waals surface area contributed by atoms with Crippen molar-refractivity contribution in [1.82, 2.24) is 14.8 Å². The molecule has 1 aliphatic heterocycles. The van der Waals surface area contributed by atoms with Gasteiger partial charge in [0.25, 0.3) is 5.91 Å². The van der Waals surface area contributed by atoms with Crippen molar-refractivity contribution in [2.75, 3.05) is 26.2 Å². The molecular formula is C18H27N3O2S. The summed E-state index contributed by atoms with van der Waals surface area (Å²) >= 11 is 1.56. The molecule has 1 aromatic heterocycles. The third kappa shape index (κ3) is 3.97. The lowest BCUT2D eigenvalue weighted by Crippen LogP contribution is -2.51. The minimum atomic E-state index is 0.0104. The zero-order valence-corrected chi connectivity index (χ0v) is 15.5. The zero-order valence-electron chi connectivity index (χ0n) is 14.7. The number of piperazine rings is 1. The third-order valence-corrected chi connectivity index (χ3v) is 6.10. The Kier molecular flexibility index (Phi) is 5.54. The van der Waals surface area contributed by atoms with Crippen LogP contribution in [0.4, 0.5) is 0 Å². The summed E-state index contributed by atoms with van der Waals surface area (Å²) in [4.78, 5) is 34.2. The van der Waals surface area contributed by atoms with Crippen LogP contribution < -0.4 is 0 Å². The Balaban J connectivity index is 1.50. The summed E-state index contributed by atoms with van der Waals surface area (Å²) in [5.41, 5.74) is 0.583. The molecule has 5 nitrogen and oxygen atoms in total. The molecule has 2 heterocycles. The molecule has 0 atom stereocenters. The molecule has 0 unspecified atom stereocenters. The third-order valence-electron chi connectivity index (χ3n) is 5.21. The Morgan fingerprint density at radius 2 is 1.67 bits per heavy atom. The van der Waals surface area contributed by atoms with Gasteiger partial charge in [-0.25, -0.2) is 4.98 Å². The Morgan fingerprint density at radius 1 is 1.04 bits per heavy atom. The second-order valence-corrected chi connectivity index (χ2v) is 8.43. The summed E-state index contributed by atoms with van der Waals surface area (Å²) in [5, 5.41) is 0.928. The van der Waals surface area contributed by atoms with E-state index in [0.29, 0.717) is 44.2 Å². The van der Waals surface area contributed by atoms with E-state index in [1.165, 1.54) is 32.1 Å². The number of amides is 2. The quantitative estimate of drug-likeness (QED) is 0.843. The van der Waals surface area contributed by atoms with Gasteiger partial charge >= 0.3 is 0 Å². The number of carbonyl (C=O) groups excluding carboxylic acids is 2. The minimum Gasteiger partial charge on any atom is -0.339 e. The highest BCUT2D eigenvalue weighted by Gasteiger charge is 2.28. The van der Waals surface area contributed by atoms with Crippen LogP contribution in [0.15, 0.2) is 0 Å². The van der Waals surface area contributed by atoms with Crippen molar-refractivity contribution in [3.05, 3.63) is 15.6 Å². The number of thiazole rings is 1. The van der Waals surface area contributed by atoms with Crippen LogP contribution in [0, 0.1) is 19.8 Å². The summed E-state index contributed by atoms with van der Waals surface area (Å²) in [5.74, 6) is 0.859. The van der Waals surface area contributed by atoms with Gasteiger partial charge in [0.05, 0.1) is 5.01 Å². The van der Waals surface area contributed by atoms with Gasteiger partial charge in [-0.15, -0.1) is 11.3 Å². The number of aromatic nitrogens is 1. The van der Waals surface area contributed by atoms with E-state index in [9.17, 15) is 9.59 Å². The molecule has 6 heteroatoms. The average molecular weight is 350 g/mol. The van der Waals surface area contributed by atoms with Crippen molar-refractivity contribution < 1.29 is 9.59 Å². The maximum Gasteiger partial charge on any atom is 0.273 e. The molecule has 1 aliphatic carbocycles. The van der Waals surface area contributed by atoms with Gasteiger partial charge in [0.1, 0.15) is 5.69 Å². The van der Waals surface area contributed by atoms with E-state index in [4.69, 9.17) is 0 Å². The topological polar surface area (TPSA) is 53.5 Å². The lowest BCUT2D eigenvalue weighted by molar-refractivity contribution is -0.133. The maximum atomic E-state index is 12.6. The van der Waals surface area contributed by atoms with Gasteiger partial charge in [0, 0.05) is 37.5 Å². The van der Waals surface area contributed by atoms with Crippen molar-refractivity contribution in [1.29, 1.82) is 0 Å². The van der Waals surface area contributed by atoms with Crippen molar-refractivity contribution in [3.8, 4) is 0 Å². The first-order chi connectivity index (χ1) is 11.5. The fraction of sp³-hybridized carbons (Fsp3) is 0.722. The predicted octanol–water partition coefficient (Wildman–Crippen LogP) is 3.01. The van der Waals surface area contributed by atoms with Crippen molar-refractivity contribution >= 4 is 23.2 Å². The second-order valence-electron chi connectivity index (χ2n) is 7.02. The van der Waals surface area contributed by atoms with Crippen molar-refractivity contribution in [2.24, 2.45) is 5.92 Å². The van der Waals surface area contributed by atoms with E-state index in [-0.39, 0.29) is 11.8 Å². The van der Waals surface area contributed by atoms with Crippen molar-refractivity contribution in [3.63, 3.8) is 0 Å². The van der Waals surface area contributed by atoms with Crippen molar-refractivity contribution in [2.45, 2.75) is 52.4 Å². The number of nitrogens with zero attached hydrogens (tertiary/aromatic N) is 3. The molecule has 1 saturated carbocycles. The number of hydrogen-bond donors (Lipinski definition) is 0. The Hall–Kier alpha value is -1.43. The molecule has 2 fully saturated rings. The maximum absolute atomic E-state index is 12.6. The van der Waals surface area contributed by atoms with E-state index < -0.39 is 0 Å². The van der Waals surface area contributed by atoms with Crippen LogP contribution in [0.25, 0.3) is 0 Å². The highest BCUT2D eigenvalue weighted by molar-refractivity contribution is 7.11. The number of rotatable bonds is 3. The molecule has 0 radical (unpaired) electrons. The Labute approximate surface area is 148 Å². The first-order valence-electron chi connectivity index (χ1n) is 9.05. The smallest absolute Gasteiger partial charge is 0.273 e. The normalized spacial score (nSPS) is 19.6. The fourth-order valence-electron chi connectivity index (χ4n) is 3.80. The minimum absolute atomic E-state index is 0.0104. The summed E-state index contributed by atoms with van der Waals surface area (Å²) in [6.07, 6.45) is 6.96. The van der Waals surface area contributed by atoms with Crippen LogP contribution in [-0.4, -0.2) is 52.8 Å². The van der Waals surface area contributed by atoms with E-state index in [1.807, 2.05) is 23.6 Å². The first kappa shape index (κ1) is 17.4. The fourth-order valence-corrected chi connectivity index (χ4v) is 4.61. The summed E-state index contributed by atoms with van der Waals surface area (Å²) in [7, 11) is 0. The van der Waals surface area contributed by atoms with Gasteiger partial charge in [-0.3, -0.25) is 9.59 Å². The predicted molar refractivity (Wildman–Crippen MR) is 95.3 cm³/mol. The second kappa shape index (κ2) is 7.64. The van der Waals surface area contributed by atoms with Gasteiger partial charge in [-0.1, -0.05) is 19.3 Å². The summed E-state index contributed by atoms with van der Waals surface area (Å²) in [6, 6.07) is 0. The highest BCUT2D eigenvalue weighted by atomic mass is 32.1. The van der Waals surface area contributed by atoms with Gasteiger partial charge in [-0.2, -0.15) is 0 Å². The molecule has 0 aromatic carbocycles. The van der Waals surface area contributed by atoms with Gasteiger partial charge in [0.2, 0.25) is 5.91 Å². The molecule has 2 amide bonds. The molecule has 1 aromatic rings. The zero-order chi connectivity index (χ0) is 17.1. The van der Waals surface area contributed by atoms with Crippen LogP contribution in [0.1, 0.15) is 58.9 Å². The van der Waals surface area contributed by atoms with E-state index in [2.05, 4.69) is 4.98 Å².